The molecule has 4 rings (SSSR count). The zero-order valence-electron chi connectivity index (χ0n) is 17.9. The highest BCUT2D eigenvalue weighted by atomic mass is 16.5. The number of urea groups is 1. The molecule has 0 spiro atoms. The number of nitrogens with one attached hydrogen (secondary N) is 2. The Morgan fingerprint density at radius 2 is 1.79 bits per heavy atom. The van der Waals surface area contributed by atoms with Gasteiger partial charge in [-0.25, -0.2) is 14.6 Å². The maximum Gasteiger partial charge on any atom is 0.338 e. The number of anilines is 3. The van der Waals surface area contributed by atoms with E-state index in [1.807, 2.05) is 18.2 Å². The Hall–Kier alpha value is -4.40. The lowest BCUT2D eigenvalue weighted by Crippen LogP contribution is -2.41. The SMILES string of the molecule is CCOC(=O)c1cccc(NC(=O)c2ccc3c(n2)N(C(=O)Nc2ccccc2)CCO3)c1. The fraction of sp³-hybridized carbons (Fsp3) is 0.167. The Morgan fingerprint density at radius 1 is 1.00 bits per heavy atom. The topological polar surface area (TPSA) is 110 Å². The highest BCUT2D eigenvalue weighted by molar-refractivity contribution is 6.05. The van der Waals surface area contributed by atoms with Gasteiger partial charge >= 0.3 is 12.0 Å². The smallest absolute Gasteiger partial charge is 0.338 e. The van der Waals surface area contributed by atoms with Crippen LogP contribution in [0.25, 0.3) is 0 Å². The van der Waals surface area contributed by atoms with E-state index in [1.54, 1.807) is 43.3 Å². The molecule has 0 fully saturated rings. The van der Waals surface area contributed by atoms with Gasteiger partial charge in [0, 0.05) is 11.4 Å². The number of esters is 1. The molecule has 1 aliphatic heterocycles. The average Bonchev–Trinajstić information content (AvgIpc) is 2.84. The van der Waals surface area contributed by atoms with Crippen molar-refractivity contribution in [2.24, 2.45) is 0 Å². The van der Waals surface area contributed by atoms with Gasteiger partial charge in [-0.05, 0) is 49.4 Å². The third kappa shape index (κ3) is 5.09. The Balaban J connectivity index is 1.53. The van der Waals surface area contributed by atoms with Crippen LogP contribution in [-0.4, -0.2) is 42.7 Å². The molecule has 2 N–H and O–H groups in total. The number of fused-ring (bicyclic) bond motifs is 1. The van der Waals surface area contributed by atoms with Gasteiger partial charge in [0.1, 0.15) is 12.3 Å². The van der Waals surface area contributed by atoms with Crippen molar-refractivity contribution in [3.63, 3.8) is 0 Å². The van der Waals surface area contributed by atoms with E-state index in [1.165, 1.54) is 17.0 Å². The predicted molar refractivity (Wildman–Crippen MR) is 123 cm³/mol. The van der Waals surface area contributed by atoms with Gasteiger partial charge in [0.25, 0.3) is 5.91 Å². The van der Waals surface area contributed by atoms with Gasteiger partial charge in [-0.2, -0.15) is 0 Å². The van der Waals surface area contributed by atoms with E-state index < -0.39 is 11.9 Å². The van der Waals surface area contributed by atoms with Gasteiger partial charge in [0.2, 0.25) is 0 Å². The maximum atomic E-state index is 12.8. The first kappa shape index (κ1) is 21.8. The first-order valence-corrected chi connectivity index (χ1v) is 10.4. The minimum Gasteiger partial charge on any atom is -0.488 e. The number of hydrogen-bond donors (Lipinski definition) is 2. The van der Waals surface area contributed by atoms with Crippen LogP contribution in [0.3, 0.4) is 0 Å². The summed E-state index contributed by atoms with van der Waals surface area (Å²) in [6.45, 7) is 2.57. The standard InChI is InChI=1S/C24H22N4O5/c1-2-32-23(30)16-7-6-10-18(15-16)25-22(29)19-11-12-20-21(27-19)28(13-14-33-20)24(31)26-17-8-4-3-5-9-17/h3-12,15H,2,13-14H2,1H3,(H,25,29)(H,26,31). The minimum absolute atomic E-state index is 0.0956. The number of rotatable bonds is 5. The van der Waals surface area contributed by atoms with Crippen molar-refractivity contribution in [1.82, 2.24) is 4.98 Å². The second kappa shape index (κ2) is 9.82. The number of nitrogens with zero attached hydrogens (tertiary/aromatic N) is 2. The molecule has 3 aromatic rings. The van der Waals surface area contributed by atoms with Gasteiger partial charge in [-0.1, -0.05) is 24.3 Å². The number of amides is 3. The van der Waals surface area contributed by atoms with Crippen molar-refractivity contribution in [3.05, 3.63) is 78.0 Å². The summed E-state index contributed by atoms with van der Waals surface area (Å²) >= 11 is 0. The van der Waals surface area contributed by atoms with Gasteiger partial charge in [0.15, 0.2) is 11.6 Å². The number of pyridine rings is 1. The number of ether oxygens (including phenoxy) is 2. The van der Waals surface area contributed by atoms with Crippen LogP contribution >= 0.6 is 0 Å². The van der Waals surface area contributed by atoms with Crippen molar-refractivity contribution in [3.8, 4) is 5.75 Å². The Bertz CT molecular complexity index is 1180. The van der Waals surface area contributed by atoms with E-state index in [9.17, 15) is 14.4 Å². The Labute approximate surface area is 190 Å². The first-order chi connectivity index (χ1) is 16.0. The number of hydrogen-bond acceptors (Lipinski definition) is 6. The molecular weight excluding hydrogens is 424 g/mol. The lowest BCUT2D eigenvalue weighted by molar-refractivity contribution is 0.0526. The van der Waals surface area contributed by atoms with Crippen molar-refractivity contribution in [2.45, 2.75) is 6.92 Å². The van der Waals surface area contributed by atoms with Gasteiger partial charge in [0.05, 0.1) is 18.7 Å². The summed E-state index contributed by atoms with van der Waals surface area (Å²) in [7, 11) is 0. The molecule has 0 bridgehead atoms. The van der Waals surface area contributed by atoms with Crippen LogP contribution in [0.5, 0.6) is 5.75 Å². The van der Waals surface area contributed by atoms with Gasteiger partial charge < -0.3 is 20.1 Å². The third-order valence-corrected chi connectivity index (χ3v) is 4.80. The molecule has 2 aromatic carbocycles. The lowest BCUT2D eigenvalue weighted by Gasteiger charge is -2.28. The number of para-hydroxylation sites is 1. The fourth-order valence-corrected chi connectivity index (χ4v) is 3.26. The number of aromatic nitrogens is 1. The normalized spacial score (nSPS) is 12.2. The highest BCUT2D eigenvalue weighted by Gasteiger charge is 2.27. The monoisotopic (exact) mass is 446 g/mol. The lowest BCUT2D eigenvalue weighted by atomic mass is 10.2. The first-order valence-electron chi connectivity index (χ1n) is 10.4. The minimum atomic E-state index is -0.493. The predicted octanol–water partition coefficient (Wildman–Crippen LogP) is 3.94. The van der Waals surface area contributed by atoms with Crippen molar-refractivity contribution >= 4 is 35.1 Å². The zero-order chi connectivity index (χ0) is 23.2. The van der Waals surface area contributed by atoms with E-state index in [2.05, 4.69) is 15.6 Å². The maximum absolute atomic E-state index is 12.8. The van der Waals surface area contributed by atoms with Crippen molar-refractivity contribution < 1.29 is 23.9 Å². The van der Waals surface area contributed by atoms with Gasteiger partial charge in [-0.15, -0.1) is 0 Å². The van der Waals surface area contributed by atoms with E-state index in [4.69, 9.17) is 9.47 Å². The molecule has 33 heavy (non-hydrogen) atoms. The summed E-state index contributed by atoms with van der Waals surface area (Å²) in [5.74, 6) is -0.307. The van der Waals surface area contributed by atoms with Crippen LogP contribution in [-0.2, 0) is 4.74 Å². The summed E-state index contributed by atoms with van der Waals surface area (Å²) in [6, 6.07) is 18.2. The Morgan fingerprint density at radius 3 is 2.58 bits per heavy atom. The summed E-state index contributed by atoms with van der Waals surface area (Å²) < 4.78 is 10.6. The van der Waals surface area contributed by atoms with Crippen LogP contribution < -0.4 is 20.3 Å². The summed E-state index contributed by atoms with van der Waals surface area (Å²) in [5, 5.41) is 5.53. The molecule has 3 amide bonds. The molecule has 0 atom stereocenters. The van der Waals surface area contributed by atoms with E-state index in [0.717, 1.165) is 0 Å². The second-order valence-electron chi connectivity index (χ2n) is 7.07. The molecule has 0 unspecified atom stereocenters. The molecule has 0 saturated carbocycles. The van der Waals surface area contributed by atoms with Crippen LogP contribution in [0.1, 0.15) is 27.8 Å². The number of carbonyl (C=O) groups excluding carboxylic acids is 3. The molecule has 168 valence electrons. The fourth-order valence-electron chi connectivity index (χ4n) is 3.26. The van der Waals surface area contributed by atoms with E-state index in [0.29, 0.717) is 29.3 Å². The van der Waals surface area contributed by atoms with E-state index >= 15 is 0 Å². The molecule has 9 heteroatoms. The second-order valence-corrected chi connectivity index (χ2v) is 7.07. The van der Waals surface area contributed by atoms with Gasteiger partial charge in [-0.3, -0.25) is 9.69 Å². The zero-order valence-corrected chi connectivity index (χ0v) is 17.9. The largest absolute Gasteiger partial charge is 0.488 e. The number of benzene rings is 2. The summed E-state index contributed by atoms with van der Waals surface area (Å²) in [6.07, 6.45) is 0. The molecule has 1 aromatic heterocycles. The molecule has 0 saturated heterocycles. The molecular formula is C24H22N4O5. The van der Waals surface area contributed by atoms with Crippen LogP contribution in [0.2, 0.25) is 0 Å². The number of carbonyl (C=O) groups is 3. The molecule has 9 nitrogen and oxygen atoms in total. The van der Waals surface area contributed by atoms with Crippen molar-refractivity contribution in [2.75, 3.05) is 35.3 Å². The van der Waals surface area contributed by atoms with Crippen LogP contribution in [0.4, 0.5) is 22.0 Å². The summed E-state index contributed by atoms with van der Waals surface area (Å²) in [4.78, 5) is 43.4. The Kier molecular flexibility index (Phi) is 6.49. The van der Waals surface area contributed by atoms with Crippen LogP contribution in [0, 0.1) is 0 Å². The average molecular weight is 446 g/mol. The van der Waals surface area contributed by atoms with E-state index in [-0.39, 0.29) is 30.7 Å². The molecule has 2 heterocycles. The van der Waals surface area contributed by atoms with Crippen LogP contribution in [0.15, 0.2) is 66.7 Å². The molecule has 0 aliphatic carbocycles. The molecule has 1 aliphatic rings. The highest BCUT2D eigenvalue weighted by Crippen LogP contribution is 2.30. The third-order valence-electron chi connectivity index (χ3n) is 4.80. The quantitative estimate of drug-likeness (QED) is 0.575. The summed E-state index contributed by atoms with van der Waals surface area (Å²) in [5.41, 5.74) is 1.48. The van der Waals surface area contributed by atoms with Crippen molar-refractivity contribution in [1.29, 1.82) is 0 Å². The molecule has 0 radical (unpaired) electrons.